The molecule has 0 saturated carbocycles. The van der Waals surface area contributed by atoms with Gasteiger partial charge < -0.3 is 4.74 Å². The van der Waals surface area contributed by atoms with Crippen molar-refractivity contribution in [3.8, 4) is 5.75 Å². The zero-order chi connectivity index (χ0) is 10.4. The maximum Gasteiger partial charge on any atom is 0.122 e. The largest absolute Gasteiger partial charge is 0.491 e. The molecule has 1 aromatic rings. The van der Waals surface area contributed by atoms with Gasteiger partial charge in [-0.2, -0.15) is 0 Å². The summed E-state index contributed by atoms with van der Waals surface area (Å²) < 4.78 is 5.74. The van der Waals surface area contributed by atoms with Crippen LogP contribution in [-0.2, 0) is 6.42 Å². The molecule has 0 atom stereocenters. The van der Waals surface area contributed by atoms with Crippen molar-refractivity contribution in [3.63, 3.8) is 0 Å². The Bertz CT molecular complexity index is 266. The number of rotatable bonds is 5. The smallest absolute Gasteiger partial charge is 0.122 e. The van der Waals surface area contributed by atoms with Crippen LogP contribution in [0.3, 0.4) is 0 Å². The van der Waals surface area contributed by atoms with Crippen LogP contribution in [0.4, 0.5) is 0 Å². The quantitative estimate of drug-likeness (QED) is 0.689. The maximum absolute atomic E-state index is 5.74. The molecule has 0 fully saturated rings. The van der Waals surface area contributed by atoms with Gasteiger partial charge in [0.2, 0.25) is 0 Å². The minimum absolute atomic E-state index is 0.262. The van der Waals surface area contributed by atoms with E-state index in [1.54, 1.807) is 0 Å². The molecule has 0 aliphatic carbocycles. The second-order valence-electron chi connectivity index (χ2n) is 3.88. The zero-order valence-corrected chi connectivity index (χ0v) is 9.42. The average molecular weight is 192 g/mol. The lowest BCUT2D eigenvalue weighted by molar-refractivity contribution is 0.240. The maximum atomic E-state index is 5.74. The van der Waals surface area contributed by atoms with Crippen LogP contribution in [-0.4, -0.2) is 6.10 Å². The molecule has 0 amide bonds. The van der Waals surface area contributed by atoms with E-state index < -0.39 is 0 Å². The molecule has 0 aliphatic heterocycles. The molecule has 78 valence electrons. The molecular weight excluding hydrogens is 172 g/mol. The summed E-state index contributed by atoms with van der Waals surface area (Å²) in [4.78, 5) is 0. The Morgan fingerprint density at radius 2 is 1.93 bits per heavy atom. The predicted molar refractivity (Wildman–Crippen MR) is 60.8 cm³/mol. The Morgan fingerprint density at radius 3 is 2.57 bits per heavy atom. The van der Waals surface area contributed by atoms with Gasteiger partial charge in [-0.15, -0.1) is 0 Å². The first-order valence-electron chi connectivity index (χ1n) is 5.48. The molecule has 1 aromatic carbocycles. The standard InChI is InChI=1S/C13H20O/c1-4-5-8-12-9-6-7-10-13(12)14-11(2)3/h6-7,9-11H,4-5,8H2,1-3H3. The van der Waals surface area contributed by atoms with Crippen molar-refractivity contribution in [2.45, 2.75) is 46.1 Å². The lowest BCUT2D eigenvalue weighted by Gasteiger charge is -2.13. The molecule has 0 unspecified atom stereocenters. The van der Waals surface area contributed by atoms with Crippen molar-refractivity contribution >= 4 is 0 Å². The van der Waals surface area contributed by atoms with Crippen LogP contribution < -0.4 is 4.74 Å². The van der Waals surface area contributed by atoms with Gasteiger partial charge in [0.15, 0.2) is 0 Å². The van der Waals surface area contributed by atoms with Gasteiger partial charge in [0.05, 0.1) is 6.10 Å². The van der Waals surface area contributed by atoms with Gasteiger partial charge in [-0.25, -0.2) is 0 Å². The normalized spacial score (nSPS) is 10.6. The molecular formula is C13H20O. The predicted octanol–water partition coefficient (Wildman–Crippen LogP) is 3.82. The molecule has 0 aliphatic rings. The van der Waals surface area contributed by atoms with E-state index in [4.69, 9.17) is 4.74 Å². The van der Waals surface area contributed by atoms with Crippen molar-refractivity contribution in [2.24, 2.45) is 0 Å². The molecule has 0 saturated heterocycles. The second kappa shape index (κ2) is 5.69. The summed E-state index contributed by atoms with van der Waals surface area (Å²) in [5, 5.41) is 0. The highest BCUT2D eigenvalue weighted by Crippen LogP contribution is 2.21. The molecule has 1 rings (SSSR count). The van der Waals surface area contributed by atoms with Crippen molar-refractivity contribution in [1.29, 1.82) is 0 Å². The monoisotopic (exact) mass is 192 g/mol. The summed E-state index contributed by atoms with van der Waals surface area (Å²) >= 11 is 0. The third-order valence-electron chi connectivity index (χ3n) is 2.13. The fraction of sp³-hybridized carbons (Fsp3) is 0.538. The van der Waals surface area contributed by atoms with Crippen LogP contribution >= 0.6 is 0 Å². The number of aryl methyl sites for hydroxylation is 1. The van der Waals surface area contributed by atoms with Gasteiger partial charge in [-0.1, -0.05) is 31.5 Å². The fourth-order valence-corrected chi connectivity index (χ4v) is 1.45. The van der Waals surface area contributed by atoms with Crippen LogP contribution in [0.25, 0.3) is 0 Å². The summed E-state index contributed by atoms with van der Waals surface area (Å²) in [6.07, 6.45) is 3.85. The van der Waals surface area contributed by atoms with Gasteiger partial charge in [0.25, 0.3) is 0 Å². The van der Waals surface area contributed by atoms with Gasteiger partial charge in [0.1, 0.15) is 5.75 Å². The van der Waals surface area contributed by atoms with E-state index >= 15 is 0 Å². The van der Waals surface area contributed by atoms with E-state index in [1.165, 1.54) is 18.4 Å². The fourth-order valence-electron chi connectivity index (χ4n) is 1.45. The van der Waals surface area contributed by atoms with Crippen LogP contribution in [0.2, 0.25) is 0 Å². The number of unbranched alkanes of at least 4 members (excludes halogenated alkanes) is 1. The van der Waals surface area contributed by atoms with Gasteiger partial charge in [0, 0.05) is 0 Å². The Kier molecular flexibility index (Phi) is 4.51. The summed E-state index contributed by atoms with van der Waals surface area (Å²) in [5.41, 5.74) is 1.34. The van der Waals surface area contributed by atoms with E-state index in [9.17, 15) is 0 Å². The van der Waals surface area contributed by atoms with Crippen LogP contribution in [0, 0.1) is 0 Å². The SMILES string of the molecule is CCCCc1ccccc1OC(C)C. The molecule has 14 heavy (non-hydrogen) atoms. The Balaban J connectivity index is 2.69. The molecule has 0 bridgehead atoms. The molecule has 0 N–H and O–H groups in total. The first-order chi connectivity index (χ1) is 6.74. The van der Waals surface area contributed by atoms with Crippen LogP contribution in [0.5, 0.6) is 5.75 Å². The Labute approximate surface area is 87.1 Å². The number of hydrogen-bond donors (Lipinski definition) is 0. The summed E-state index contributed by atoms with van der Waals surface area (Å²) in [5.74, 6) is 1.05. The van der Waals surface area contributed by atoms with Crippen molar-refractivity contribution in [3.05, 3.63) is 29.8 Å². The highest BCUT2D eigenvalue weighted by molar-refractivity contribution is 5.33. The van der Waals surface area contributed by atoms with Crippen molar-refractivity contribution in [1.82, 2.24) is 0 Å². The summed E-state index contributed by atoms with van der Waals surface area (Å²) in [6.45, 7) is 6.35. The highest BCUT2D eigenvalue weighted by Gasteiger charge is 2.03. The number of benzene rings is 1. The lowest BCUT2D eigenvalue weighted by atomic mass is 10.1. The minimum atomic E-state index is 0.262. The molecule has 1 nitrogen and oxygen atoms in total. The molecule has 0 heterocycles. The summed E-state index contributed by atoms with van der Waals surface area (Å²) in [6, 6.07) is 8.34. The third kappa shape index (κ3) is 3.41. The van der Waals surface area contributed by atoms with E-state index in [0.29, 0.717) is 0 Å². The first-order valence-corrected chi connectivity index (χ1v) is 5.48. The van der Waals surface area contributed by atoms with Gasteiger partial charge >= 0.3 is 0 Å². The molecule has 1 heteroatoms. The molecule has 0 spiro atoms. The first kappa shape index (κ1) is 11.1. The average Bonchev–Trinajstić information content (AvgIpc) is 2.16. The number of hydrogen-bond acceptors (Lipinski definition) is 1. The Hall–Kier alpha value is -0.980. The third-order valence-corrected chi connectivity index (χ3v) is 2.13. The van der Waals surface area contributed by atoms with Gasteiger partial charge in [-0.05, 0) is 38.3 Å². The zero-order valence-electron chi connectivity index (χ0n) is 9.42. The molecule has 0 aromatic heterocycles. The topological polar surface area (TPSA) is 9.23 Å². The highest BCUT2D eigenvalue weighted by atomic mass is 16.5. The second-order valence-corrected chi connectivity index (χ2v) is 3.88. The minimum Gasteiger partial charge on any atom is -0.491 e. The number of para-hydroxylation sites is 1. The van der Waals surface area contributed by atoms with Crippen molar-refractivity contribution < 1.29 is 4.74 Å². The lowest BCUT2D eigenvalue weighted by Crippen LogP contribution is -2.07. The number of ether oxygens (including phenoxy) is 1. The van der Waals surface area contributed by atoms with E-state index in [0.717, 1.165) is 12.2 Å². The summed E-state index contributed by atoms with van der Waals surface area (Å²) in [7, 11) is 0. The van der Waals surface area contributed by atoms with E-state index in [1.807, 2.05) is 6.07 Å². The van der Waals surface area contributed by atoms with E-state index in [-0.39, 0.29) is 6.10 Å². The Morgan fingerprint density at radius 1 is 1.21 bits per heavy atom. The van der Waals surface area contributed by atoms with E-state index in [2.05, 4.69) is 39.0 Å². The van der Waals surface area contributed by atoms with Gasteiger partial charge in [-0.3, -0.25) is 0 Å². The van der Waals surface area contributed by atoms with Crippen LogP contribution in [0.15, 0.2) is 24.3 Å². The van der Waals surface area contributed by atoms with Crippen LogP contribution in [0.1, 0.15) is 39.2 Å². The van der Waals surface area contributed by atoms with Crippen molar-refractivity contribution in [2.75, 3.05) is 0 Å². The molecule has 0 radical (unpaired) electrons.